The van der Waals surface area contributed by atoms with Gasteiger partial charge in [0.1, 0.15) is 17.2 Å². The molecule has 1 aliphatic heterocycles. The molecule has 0 saturated carbocycles. The molecule has 0 amide bonds. The molecule has 1 aromatic carbocycles. The molecule has 0 radical (unpaired) electrons. The third kappa shape index (κ3) is 7.73. The molecule has 39 heavy (non-hydrogen) atoms. The van der Waals surface area contributed by atoms with E-state index in [2.05, 4.69) is 9.80 Å². The highest BCUT2D eigenvalue weighted by Crippen LogP contribution is 2.25. The Morgan fingerprint density at radius 3 is 2.05 bits per heavy atom. The molecule has 0 atom stereocenters. The van der Waals surface area contributed by atoms with Gasteiger partial charge in [-0.1, -0.05) is 6.92 Å². The number of ether oxygens (including phenoxy) is 1. The molecular weight excluding hydrogens is 520 g/mol. The highest BCUT2D eigenvalue weighted by molar-refractivity contribution is 7.86. The Labute approximate surface area is 232 Å². The Kier molecular flexibility index (Phi) is 10.1. The van der Waals surface area contributed by atoms with Crippen molar-refractivity contribution in [3.8, 4) is 5.75 Å². The van der Waals surface area contributed by atoms with Gasteiger partial charge in [-0.05, 0) is 78.6 Å². The highest BCUT2D eigenvalue weighted by atomic mass is 32.2. The molecule has 2 aromatic rings. The summed E-state index contributed by atoms with van der Waals surface area (Å²) in [4.78, 5) is 30.4. The molecule has 1 aliphatic rings. The van der Waals surface area contributed by atoms with Gasteiger partial charge in [-0.25, -0.2) is 4.79 Å². The van der Waals surface area contributed by atoms with Crippen LogP contribution in [0.4, 0.5) is 5.82 Å². The van der Waals surface area contributed by atoms with Crippen molar-refractivity contribution in [1.29, 1.82) is 0 Å². The number of hydrogen-bond donors (Lipinski definition) is 0. The lowest BCUT2D eigenvalue weighted by Gasteiger charge is -2.38. The van der Waals surface area contributed by atoms with Gasteiger partial charge in [0, 0.05) is 50.9 Å². The van der Waals surface area contributed by atoms with Crippen molar-refractivity contribution in [2.45, 2.75) is 83.9 Å². The van der Waals surface area contributed by atoms with E-state index in [1.54, 1.807) is 22.8 Å². The van der Waals surface area contributed by atoms with Crippen LogP contribution < -0.4 is 20.9 Å². The van der Waals surface area contributed by atoms with Crippen LogP contribution in [0.5, 0.6) is 5.75 Å². The predicted molar refractivity (Wildman–Crippen MR) is 154 cm³/mol. The zero-order chi connectivity index (χ0) is 29.0. The third-order valence-electron chi connectivity index (χ3n) is 6.86. The average molecular weight is 565 g/mol. The molecule has 10 nitrogen and oxygen atoms in total. The fourth-order valence-corrected chi connectivity index (χ4v) is 5.69. The number of aromatic nitrogens is 2. The van der Waals surface area contributed by atoms with Crippen molar-refractivity contribution in [2.75, 3.05) is 44.2 Å². The molecule has 2 heterocycles. The maximum absolute atomic E-state index is 13.1. The monoisotopic (exact) mass is 564 g/mol. The smallest absolute Gasteiger partial charge is 0.333 e. The second-order valence-electron chi connectivity index (χ2n) is 11.2. The first kappa shape index (κ1) is 30.9. The van der Waals surface area contributed by atoms with Crippen molar-refractivity contribution >= 4 is 15.9 Å². The van der Waals surface area contributed by atoms with Crippen LogP contribution in [0.3, 0.4) is 0 Å². The molecule has 1 saturated heterocycles. The quantitative estimate of drug-likeness (QED) is 0.360. The zero-order valence-electron chi connectivity index (χ0n) is 24.3. The van der Waals surface area contributed by atoms with Gasteiger partial charge in [0.25, 0.3) is 15.7 Å². The van der Waals surface area contributed by atoms with Gasteiger partial charge in [-0.3, -0.25) is 23.0 Å². The molecule has 11 heteroatoms. The van der Waals surface area contributed by atoms with Gasteiger partial charge in [-0.2, -0.15) is 8.42 Å². The normalized spacial score (nSPS) is 15.4. The van der Waals surface area contributed by atoms with Gasteiger partial charge in [0.2, 0.25) is 0 Å². The van der Waals surface area contributed by atoms with Crippen molar-refractivity contribution in [3.63, 3.8) is 0 Å². The first-order valence-electron chi connectivity index (χ1n) is 13.8. The maximum Gasteiger partial charge on any atom is 0.333 e. The van der Waals surface area contributed by atoms with Crippen LogP contribution in [-0.4, -0.2) is 67.4 Å². The topological polar surface area (TPSA) is 103 Å². The first-order valence-corrected chi connectivity index (χ1v) is 15.2. The van der Waals surface area contributed by atoms with Crippen LogP contribution in [0.1, 0.15) is 73.4 Å². The van der Waals surface area contributed by atoms with Crippen molar-refractivity contribution in [3.05, 3.63) is 51.2 Å². The second kappa shape index (κ2) is 12.7. The zero-order valence-corrected chi connectivity index (χ0v) is 25.2. The van der Waals surface area contributed by atoms with E-state index in [0.717, 1.165) is 26.1 Å². The summed E-state index contributed by atoms with van der Waals surface area (Å²) in [5.74, 6) is 1.29. The molecule has 3 rings (SSSR count). The Morgan fingerprint density at radius 1 is 0.923 bits per heavy atom. The molecular formula is C28H44N4O6S. The Bertz CT molecular complexity index is 1320. The van der Waals surface area contributed by atoms with Crippen LogP contribution in [-0.2, 0) is 14.3 Å². The van der Waals surface area contributed by atoms with Crippen LogP contribution >= 0.6 is 0 Å². The minimum Gasteiger partial charge on any atom is -0.488 e. The van der Waals surface area contributed by atoms with Gasteiger partial charge >= 0.3 is 5.69 Å². The molecule has 0 spiro atoms. The lowest BCUT2D eigenvalue weighted by Crippen LogP contribution is -2.51. The minimum absolute atomic E-state index is 0.0629. The summed E-state index contributed by atoms with van der Waals surface area (Å²) in [5.41, 5.74) is -0.985. The SMILES string of the molecule is CCCOS(=O)(=O)c1ccc(OC(C)(C)CCN2CCN(c3cc(=O)n(C(C)C)c(=O)n3C(C)C)CC2)cc1. The summed E-state index contributed by atoms with van der Waals surface area (Å²) < 4.78 is 38.6. The van der Waals surface area contributed by atoms with Crippen molar-refractivity contribution in [1.82, 2.24) is 14.0 Å². The summed E-state index contributed by atoms with van der Waals surface area (Å²) in [7, 11) is -3.75. The summed E-state index contributed by atoms with van der Waals surface area (Å²) in [6.45, 7) is 17.5. The van der Waals surface area contributed by atoms with E-state index in [4.69, 9.17) is 8.92 Å². The molecule has 0 bridgehead atoms. The fourth-order valence-electron chi connectivity index (χ4n) is 4.70. The van der Waals surface area contributed by atoms with E-state index >= 15 is 0 Å². The fraction of sp³-hybridized carbons (Fsp3) is 0.643. The average Bonchev–Trinajstić information content (AvgIpc) is 2.86. The maximum atomic E-state index is 13.1. The lowest BCUT2D eigenvalue weighted by atomic mass is 10.0. The van der Waals surface area contributed by atoms with E-state index in [1.165, 1.54) is 16.7 Å². The third-order valence-corrected chi connectivity index (χ3v) is 8.18. The number of piperazine rings is 1. The van der Waals surface area contributed by atoms with E-state index in [1.807, 2.05) is 48.5 Å². The van der Waals surface area contributed by atoms with E-state index in [-0.39, 0.29) is 34.8 Å². The number of anilines is 1. The number of rotatable bonds is 12. The summed E-state index contributed by atoms with van der Waals surface area (Å²) in [5, 5.41) is 0. The molecule has 0 N–H and O–H groups in total. The van der Waals surface area contributed by atoms with Crippen molar-refractivity contribution in [2.24, 2.45) is 0 Å². The molecule has 218 valence electrons. The van der Waals surface area contributed by atoms with Crippen LogP contribution in [0.15, 0.2) is 44.8 Å². The standard InChI is InChI=1S/C28H44N4O6S/c1-8-19-37-39(35,36)24-11-9-23(10-12-24)38-28(6,7)13-14-29-15-17-30(18-16-29)25-20-26(33)32(22(4)5)27(34)31(25)21(2)3/h9-12,20-22H,8,13-19H2,1-7H3. The van der Waals surface area contributed by atoms with Crippen LogP contribution in [0.25, 0.3) is 0 Å². The van der Waals surface area contributed by atoms with Gasteiger partial charge in [0.15, 0.2) is 0 Å². The highest BCUT2D eigenvalue weighted by Gasteiger charge is 2.26. The second-order valence-corrected chi connectivity index (χ2v) is 12.9. The molecule has 1 fully saturated rings. The Balaban J connectivity index is 1.59. The number of benzene rings is 1. The lowest BCUT2D eigenvalue weighted by molar-refractivity contribution is 0.0820. The number of nitrogens with zero attached hydrogens (tertiary/aromatic N) is 4. The van der Waals surface area contributed by atoms with Crippen molar-refractivity contribution < 1.29 is 17.3 Å². The minimum atomic E-state index is -3.75. The van der Waals surface area contributed by atoms with Gasteiger partial charge in [-0.15, -0.1) is 0 Å². The summed E-state index contributed by atoms with van der Waals surface area (Å²) in [6.07, 6.45) is 1.39. The largest absolute Gasteiger partial charge is 0.488 e. The number of hydrogen-bond acceptors (Lipinski definition) is 8. The Hall–Kier alpha value is -2.63. The summed E-state index contributed by atoms with van der Waals surface area (Å²) >= 11 is 0. The first-order chi connectivity index (χ1) is 18.3. The molecule has 0 aliphatic carbocycles. The predicted octanol–water partition coefficient (Wildman–Crippen LogP) is 3.66. The molecule has 0 unspecified atom stereocenters. The van der Waals surface area contributed by atoms with Gasteiger partial charge in [0.05, 0.1) is 11.5 Å². The van der Waals surface area contributed by atoms with Gasteiger partial charge < -0.3 is 9.64 Å². The van der Waals surface area contributed by atoms with E-state index in [0.29, 0.717) is 31.1 Å². The van der Waals surface area contributed by atoms with E-state index in [9.17, 15) is 18.0 Å². The van der Waals surface area contributed by atoms with Crippen LogP contribution in [0, 0.1) is 0 Å². The summed E-state index contributed by atoms with van der Waals surface area (Å²) in [6, 6.07) is 7.66. The van der Waals surface area contributed by atoms with E-state index < -0.39 is 15.7 Å². The molecule has 1 aromatic heterocycles. The van der Waals surface area contributed by atoms with Crippen LogP contribution in [0.2, 0.25) is 0 Å². The Morgan fingerprint density at radius 2 is 1.51 bits per heavy atom.